The molecule has 3 nitrogen and oxygen atoms in total. The number of ether oxygens (including phenoxy) is 2. The Bertz CT molecular complexity index is 306. The predicted octanol–water partition coefficient (Wildman–Crippen LogP) is 2.07. The van der Waals surface area contributed by atoms with Crippen molar-refractivity contribution < 1.29 is 14.3 Å². The van der Waals surface area contributed by atoms with Gasteiger partial charge in [0.05, 0.1) is 7.11 Å². The van der Waals surface area contributed by atoms with E-state index in [2.05, 4.69) is 17.2 Å². The standard InChI is InChI=1S/C10H13O3S/c1-12-10(11)13-8-4-6-9(7-5-8)14(2)3/h4-7H,1-3H3/q+1. The summed E-state index contributed by atoms with van der Waals surface area (Å²) in [6.07, 6.45) is 3.58. The van der Waals surface area contributed by atoms with Gasteiger partial charge in [0.15, 0.2) is 4.90 Å². The lowest BCUT2D eigenvalue weighted by Crippen LogP contribution is -2.07. The van der Waals surface area contributed by atoms with Crippen molar-refractivity contribution in [3.05, 3.63) is 24.3 Å². The van der Waals surface area contributed by atoms with Gasteiger partial charge in [0.2, 0.25) is 0 Å². The van der Waals surface area contributed by atoms with Gasteiger partial charge in [0, 0.05) is 10.9 Å². The average Bonchev–Trinajstić information content (AvgIpc) is 2.18. The van der Waals surface area contributed by atoms with Crippen molar-refractivity contribution in [1.82, 2.24) is 0 Å². The van der Waals surface area contributed by atoms with E-state index in [-0.39, 0.29) is 10.9 Å². The Morgan fingerprint density at radius 1 is 1.21 bits per heavy atom. The van der Waals surface area contributed by atoms with E-state index in [4.69, 9.17) is 4.74 Å². The fraction of sp³-hybridized carbons (Fsp3) is 0.300. The van der Waals surface area contributed by atoms with Gasteiger partial charge in [-0.3, -0.25) is 0 Å². The first-order chi connectivity index (χ1) is 6.63. The zero-order valence-electron chi connectivity index (χ0n) is 8.44. The first kappa shape index (κ1) is 10.9. The summed E-state index contributed by atoms with van der Waals surface area (Å²) in [6, 6.07) is 7.42. The van der Waals surface area contributed by atoms with Crippen LogP contribution in [0.4, 0.5) is 4.79 Å². The Labute approximate surface area is 86.4 Å². The Hall–Kier alpha value is -1.16. The van der Waals surface area contributed by atoms with Crippen LogP contribution in [0, 0.1) is 0 Å². The van der Waals surface area contributed by atoms with E-state index in [1.54, 1.807) is 12.1 Å². The maximum atomic E-state index is 10.8. The molecule has 0 unspecified atom stereocenters. The van der Waals surface area contributed by atoms with E-state index in [0.717, 1.165) is 0 Å². The third kappa shape index (κ3) is 2.96. The quantitative estimate of drug-likeness (QED) is 0.428. The Morgan fingerprint density at radius 2 is 1.79 bits per heavy atom. The molecule has 0 fully saturated rings. The summed E-state index contributed by atoms with van der Waals surface area (Å²) in [5.74, 6) is 0.506. The minimum atomic E-state index is -0.690. The second kappa shape index (κ2) is 4.91. The molecule has 0 amide bonds. The van der Waals surface area contributed by atoms with Gasteiger partial charge < -0.3 is 9.47 Å². The van der Waals surface area contributed by atoms with Crippen LogP contribution in [0.15, 0.2) is 29.2 Å². The van der Waals surface area contributed by atoms with E-state index in [1.165, 1.54) is 12.0 Å². The molecule has 1 rings (SSSR count). The molecule has 0 aliphatic carbocycles. The highest BCUT2D eigenvalue weighted by molar-refractivity contribution is 7.95. The van der Waals surface area contributed by atoms with Gasteiger partial charge in [-0.2, -0.15) is 0 Å². The molecular weight excluding hydrogens is 200 g/mol. The van der Waals surface area contributed by atoms with Gasteiger partial charge in [0.1, 0.15) is 18.3 Å². The molecule has 1 aromatic carbocycles. The highest BCUT2D eigenvalue weighted by Crippen LogP contribution is 2.16. The van der Waals surface area contributed by atoms with Crippen molar-refractivity contribution in [3.8, 4) is 5.75 Å². The monoisotopic (exact) mass is 213 g/mol. The minimum absolute atomic E-state index is 0.227. The summed E-state index contributed by atoms with van der Waals surface area (Å²) in [4.78, 5) is 12.0. The number of rotatable bonds is 2. The molecule has 0 aliphatic heterocycles. The fourth-order valence-electron chi connectivity index (χ4n) is 0.918. The molecule has 0 aliphatic rings. The summed E-state index contributed by atoms with van der Waals surface area (Å²) in [5.41, 5.74) is 0. The third-order valence-electron chi connectivity index (χ3n) is 1.66. The van der Waals surface area contributed by atoms with E-state index in [0.29, 0.717) is 5.75 Å². The highest BCUT2D eigenvalue weighted by Gasteiger charge is 2.09. The van der Waals surface area contributed by atoms with Crippen LogP contribution >= 0.6 is 0 Å². The highest BCUT2D eigenvalue weighted by atomic mass is 32.2. The molecule has 4 heteroatoms. The fourth-order valence-corrected chi connectivity index (χ4v) is 1.60. The second-order valence-electron chi connectivity index (χ2n) is 2.84. The second-order valence-corrected chi connectivity index (χ2v) is 4.95. The molecule has 0 saturated heterocycles. The van der Waals surface area contributed by atoms with E-state index in [1.807, 2.05) is 12.1 Å². The first-order valence-electron chi connectivity index (χ1n) is 4.07. The Balaban J connectivity index is 2.69. The molecule has 0 saturated carbocycles. The van der Waals surface area contributed by atoms with Gasteiger partial charge in [-0.15, -0.1) is 0 Å². The van der Waals surface area contributed by atoms with Crippen LogP contribution in [0.5, 0.6) is 5.75 Å². The zero-order valence-corrected chi connectivity index (χ0v) is 9.26. The lowest BCUT2D eigenvalue weighted by molar-refractivity contribution is 0.121. The largest absolute Gasteiger partial charge is 0.513 e. The van der Waals surface area contributed by atoms with Crippen LogP contribution in [-0.4, -0.2) is 25.8 Å². The number of benzene rings is 1. The Morgan fingerprint density at radius 3 is 2.21 bits per heavy atom. The number of hydrogen-bond donors (Lipinski definition) is 0. The predicted molar refractivity (Wildman–Crippen MR) is 57.0 cm³/mol. The molecular formula is C10H13O3S+. The number of methoxy groups -OCH3 is 1. The van der Waals surface area contributed by atoms with Crippen LogP contribution in [0.25, 0.3) is 0 Å². The molecule has 0 bridgehead atoms. The molecule has 0 aromatic heterocycles. The molecule has 76 valence electrons. The van der Waals surface area contributed by atoms with E-state index >= 15 is 0 Å². The van der Waals surface area contributed by atoms with Crippen molar-refractivity contribution in [2.75, 3.05) is 19.6 Å². The molecule has 1 aromatic rings. The van der Waals surface area contributed by atoms with Crippen molar-refractivity contribution in [2.45, 2.75) is 4.90 Å². The average molecular weight is 213 g/mol. The van der Waals surface area contributed by atoms with Crippen molar-refractivity contribution in [2.24, 2.45) is 0 Å². The number of carbonyl (C=O) groups is 1. The normalized spacial score (nSPS) is 10.0. The van der Waals surface area contributed by atoms with Crippen LogP contribution < -0.4 is 4.74 Å². The molecule has 0 atom stereocenters. The summed E-state index contributed by atoms with van der Waals surface area (Å²) >= 11 is 0. The van der Waals surface area contributed by atoms with E-state index < -0.39 is 6.16 Å². The SMILES string of the molecule is COC(=O)Oc1ccc([S+](C)C)cc1. The van der Waals surface area contributed by atoms with Gasteiger partial charge in [-0.1, -0.05) is 0 Å². The van der Waals surface area contributed by atoms with Gasteiger partial charge in [-0.05, 0) is 24.3 Å². The van der Waals surface area contributed by atoms with E-state index in [9.17, 15) is 4.79 Å². The number of hydrogen-bond acceptors (Lipinski definition) is 3. The van der Waals surface area contributed by atoms with Gasteiger partial charge in [0.25, 0.3) is 0 Å². The maximum absolute atomic E-state index is 10.8. The summed E-state index contributed by atoms with van der Waals surface area (Å²) < 4.78 is 9.21. The van der Waals surface area contributed by atoms with Crippen LogP contribution in [0.2, 0.25) is 0 Å². The van der Waals surface area contributed by atoms with Crippen LogP contribution in [0.3, 0.4) is 0 Å². The van der Waals surface area contributed by atoms with Crippen molar-refractivity contribution in [3.63, 3.8) is 0 Å². The lowest BCUT2D eigenvalue weighted by atomic mass is 10.3. The number of carbonyl (C=O) groups excluding carboxylic acids is 1. The Kier molecular flexibility index (Phi) is 3.83. The lowest BCUT2D eigenvalue weighted by Gasteiger charge is -2.02. The molecule has 0 spiro atoms. The van der Waals surface area contributed by atoms with Crippen molar-refractivity contribution in [1.29, 1.82) is 0 Å². The first-order valence-corrected chi connectivity index (χ1v) is 6.11. The minimum Gasteiger partial charge on any atom is -0.437 e. The maximum Gasteiger partial charge on any atom is 0.513 e. The molecule has 14 heavy (non-hydrogen) atoms. The molecule has 0 radical (unpaired) electrons. The summed E-state index contributed by atoms with van der Waals surface area (Å²) in [5, 5.41) is 0. The topological polar surface area (TPSA) is 35.5 Å². The summed E-state index contributed by atoms with van der Waals surface area (Å²) in [6.45, 7) is 0. The van der Waals surface area contributed by atoms with Gasteiger partial charge >= 0.3 is 6.16 Å². The van der Waals surface area contributed by atoms with Crippen LogP contribution in [0.1, 0.15) is 0 Å². The molecule has 0 N–H and O–H groups in total. The molecule has 0 heterocycles. The third-order valence-corrected chi connectivity index (χ3v) is 2.88. The smallest absolute Gasteiger partial charge is 0.437 e. The van der Waals surface area contributed by atoms with Gasteiger partial charge in [-0.25, -0.2) is 4.79 Å². The zero-order chi connectivity index (χ0) is 10.6. The summed E-state index contributed by atoms with van der Waals surface area (Å²) in [7, 11) is 1.51. The van der Waals surface area contributed by atoms with Crippen LogP contribution in [-0.2, 0) is 15.6 Å². The van der Waals surface area contributed by atoms with Crippen molar-refractivity contribution >= 4 is 17.1 Å².